The van der Waals surface area contributed by atoms with Crippen LogP contribution in [0, 0.1) is 16.7 Å². The molecule has 2 saturated carbocycles. The van der Waals surface area contributed by atoms with E-state index in [4.69, 9.17) is 9.47 Å². The fourth-order valence-electron chi connectivity index (χ4n) is 8.54. The highest BCUT2D eigenvalue weighted by molar-refractivity contribution is 5.37. The van der Waals surface area contributed by atoms with Gasteiger partial charge in [-0.2, -0.15) is 0 Å². The summed E-state index contributed by atoms with van der Waals surface area (Å²) in [5.74, 6) is 0.463. The number of rotatable bonds is 9. The first-order valence-corrected chi connectivity index (χ1v) is 16.6. The van der Waals surface area contributed by atoms with Crippen LogP contribution in [0.15, 0.2) is 95.2 Å². The van der Waals surface area contributed by atoms with Gasteiger partial charge in [0.1, 0.15) is 11.2 Å². The van der Waals surface area contributed by atoms with Crippen LogP contribution < -0.4 is 0 Å². The van der Waals surface area contributed by atoms with E-state index in [0.29, 0.717) is 12.3 Å². The van der Waals surface area contributed by atoms with Crippen LogP contribution in [0.25, 0.3) is 0 Å². The Balaban J connectivity index is 1.26. The number of epoxide rings is 1. The Morgan fingerprint density at radius 2 is 1.20 bits per heavy atom. The average Bonchev–Trinajstić information content (AvgIpc) is 3.34. The summed E-state index contributed by atoms with van der Waals surface area (Å²) in [6, 6.07) is 0. The molecule has 2 unspecified atom stereocenters. The number of hydrogen-bond acceptors (Lipinski definition) is 4. The molecule has 0 aromatic rings. The normalized spacial score (nSPS) is 39.5. The quantitative estimate of drug-likeness (QED) is 0.204. The van der Waals surface area contributed by atoms with Crippen LogP contribution in [-0.4, -0.2) is 45.3 Å². The van der Waals surface area contributed by atoms with Gasteiger partial charge in [-0.15, -0.1) is 0 Å². The van der Waals surface area contributed by atoms with Gasteiger partial charge in [-0.05, 0) is 83.8 Å². The van der Waals surface area contributed by atoms with Crippen molar-refractivity contribution in [1.29, 1.82) is 0 Å². The largest absolute Gasteiger partial charge is 0.393 e. The number of allylic oxidation sites excluding steroid dienone is 14. The van der Waals surface area contributed by atoms with E-state index in [1.54, 1.807) is 0 Å². The van der Waals surface area contributed by atoms with Crippen LogP contribution in [0.2, 0.25) is 0 Å². The molecule has 0 bridgehead atoms. The first-order valence-electron chi connectivity index (χ1n) is 16.6. The molecule has 44 heavy (non-hydrogen) atoms. The van der Waals surface area contributed by atoms with E-state index < -0.39 is 0 Å². The summed E-state index contributed by atoms with van der Waals surface area (Å²) < 4.78 is 12.8. The average molecular weight is 603 g/mol. The monoisotopic (exact) mass is 602 g/mol. The van der Waals surface area contributed by atoms with Crippen molar-refractivity contribution in [2.24, 2.45) is 16.7 Å². The fourth-order valence-corrected chi connectivity index (χ4v) is 8.54. The molecule has 4 nitrogen and oxygen atoms in total. The van der Waals surface area contributed by atoms with E-state index in [-0.39, 0.29) is 45.9 Å². The molecular formula is C40H58O4. The summed E-state index contributed by atoms with van der Waals surface area (Å²) in [4.78, 5) is 0. The number of aliphatic hydroxyl groups excluding tert-OH is 2. The molecule has 7 atom stereocenters. The summed E-state index contributed by atoms with van der Waals surface area (Å²) in [5, 5.41) is 20.7. The second kappa shape index (κ2) is 12.9. The zero-order chi connectivity index (χ0) is 32.6. The summed E-state index contributed by atoms with van der Waals surface area (Å²) in [7, 11) is 0. The molecule has 2 aliphatic heterocycles. The lowest BCUT2D eigenvalue weighted by atomic mass is 9.60. The van der Waals surface area contributed by atoms with E-state index in [9.17, 15) is 10.2 Å². The number of ether oxygens (including phenoxy) is 2. The molecule has 0 radical (unpaired) electrons. The van der Waals surface area contributed by atoms with Crippen LogP contribution in [0.5, 0.6) is 0 Å². The molecule has 0 aromatic heterocycles. The van der Waals surface area contributed by atoms with E-state index in [2.05, 4.69) is 142 Å². The van der Waals surface area contributed by atoms with Gasteiger partial charge < -0.3 is 19.7 Å². The lowest BCUT2D eigenvalue weighted by Crippen LogP contribution is -2.49. The molecule has 0 aromatic carbocycles. The maximum Gasteiger partial charge on any atom is 0.121 e. The Labute approximate surface area is 267 Å². The van der Waals surface area contributed by atoms with Crippen LogP contribution in [0.4, 0.5) is 0 Å². The predicted octanol–water partition coefficient (Wildman–Crippen LogP) is 9.05. The lowest BCUT2D eigenvalue weighted by Gasteiger charge is -2.47. The van der Waals surface area contributed by atoms with Crippen molar-refractivity contribution in [3.63, 3.8) is 0 Å². The number of hydrogen-bond donors (Lipinski definition) is 2. The number of aliphatic hydroxyl groups is 2. The summed E-state index contributed by atoms with van der Waals surface area (Å²) in [6.45, 7) is 21.7. The summed E-state index contributed by atoms with van der Waals surface area (Å²) >= 11 is 0. The molecule has 0 amide bonds. The topological polar surface area (TPSA) is 62.2 Å². The van der Waals surface area contributed by atoms with Crippen LogP contribution in [-0.2, 0) is 9.47 Å². The molecular weight excluding hydrogens is 544 g/mol. The van der Waals surface area contributed by atoms with Gasteiger partial charge in [0.15, 0.2) is 0 Å². The zero-order valence-corrected chi connectivity index (χ0v) is 29.0. The van der Waals surface area contributed by atoms with Gasteiger partial charge in [-0.25, -0.2) is 0 Å². The third-order valence-corrected chi connectivity index (χ3v) is 10.8. The van der Waals surface area contributed by atoms with Crippen LogP contribution in [0.3, 0.4) is 0 Å². The third-order valence-electron chi connectivity index (χ3n) is 10.8. The lowest BCUT2D eigenvalue weighted by molar-refractivity contribution is -0.122. The summed E-state index contributed by atoms with van der Waals surface area (Å²) in [6.07, 6.45) is 29.1. The van der Waals surface area contributed by atoms with Crippen molar-refractivity contribution < 1.29 is 19.7 Å². The second-order valence-electron chi connectivity index (χ2n) is 15.9. The minimum absolute atomic E-state index is 0.0888. The van der Waals surface area contributed by atoms with Crippen LogP contribution >= 0.6 is 0 Å². The van der Waals surface area contributed by atoms with Crippen LogP contribution in [0.1, 0.15) is 101 Å². The standard InChI is InChI=1S/C40H58O4/c1-28(17-13-18-30(3)21-22-40-37(7,8)25-33(42)27-39(40,10)44-40)15-11-12-16-29(2)19-14-20-31(4)34-23-35-36(5,6)24-32(41)26-38(35,9)43-34/h11-22,32-35,41-42H,23-27H2,1-10H3/b12-11+,17-13+,19-14+,22-21+,28-15+,29-16+,30-18-,31-20+/t32-,33+,34+,35?,38?,39-,40+/m1/s1. The maximum absolute atomic E-state index is 10.4. The summed E-state index contributed by atoms with van der Waals surface area (Å²) in [5.41, 5.74) is 3.96. The Bertz CT molecular complexity index is 1320. The van der Waals surface area contributed by atoms with Gasteiger partial charge in [-0.3, -0.25) is 0 Å². The number of fused-ring (bicyclic) bond motifs is 2. The van der Waals surface area contributed by atoms with E-state index in [1.807, 2.05) is 0 Å². The van der Waals surface area contributed by atoms with Gasteiger partial charge in [-0.1, -0.05) is 111 Å². The molecule has 2 N–H and O–H groups in total. The molecule has 242 valence electrons. The van der Waals surface area contributed by atoms with Gasteiger partial charge >= 0.3 is 0 Å². The first kappa shape index (κ1) is 34.6. The Morgan fingerprint density at radius 3 is 1.82 bits per heavy atom. The molecule has 4 heteroatoms. The SMILES string of the molecule is CC(=C/C=C/C(C)=C/C=C/C=C(C)/C=C/C=C(\C)[C@@H]1CC2C(C)(C)C[C@@H](O)CC2(C)O1)/C=C/[C@@]12O[C@]1(C)C[C@@H](O)CC2(C)C. The smallest absolute Gasteiger partial charge is 0.121 e. The molecule has 4 fully saturated rings. The van der Waals surface area contributed by atoms with E-state index >= 15 is 0 Å². The fraction of sp³-hybridized carbons (Fsp3) is 0.600. The molecule has 2 aliphatic carbocycles. The highest BCUT2D eigenvalue weighted by Gasteiger charge is 2.74. The molecule has 4 aliphatic rings. The van der Waals surface area contributed by atoms with Crippen molar-refractivity contribution in [1.82, 2.24) is 0 Å². The molecule has 4 rings (SSSR count). The minimum atomic E-state index is -0.293. The zero-order valence-electron chi connectivity index (χ0n) is 29.0. The Kier molecular flexibility index (Phi) is 10.1. The molecule has 2 saturated heterocycles. The van der Waals surface area contributed by atoms with Crippen molar-refractivity contribution in [3.05, 3.63) is 95.2 Å². The maximum atomic E-state index is 10.4. The van der Waals surface area contributed by atoms with Gasteiger partial charge in [0.05, 0.1) is 23.9 Å². The van der Waals surface area contributed by atoms with Crippen molar-refractivity contribution in [3.8, 4) is 0 Å². The second-order valence-corrected chi connectivity index (χ2v) is 15.9. The highest BCUT2D eigenvalue weighted by atomic mass is 16.6. The van der Waals surface area contributed by atoms with E-state index in [1.165, 1.54) is 22.3 Å². The Hall–Kier alpha value is -2.24. The van der Waals surface area contributed by atoms with Gasteiger partial charge in [0, 0.05) is 18.3 Å². The minimum Gasteiger partial charge on any atom is -0.393 e. The van der Waals surface area contributed by atoms with E-state index in [0.717, 1.165) is 25.7 Å². The van der Waals surface area contributed by atoms with Crippen molar-refractivity contribution >= 4 is 0 Å². The third kappa shape index (κ3) is 7.41. The first-order chi connectivity index (χ1) is 20.4. The highest BCUT2D eigenvalue weighted by Crippen LogP contribution is 2.66. The predicted molar refractivity (Wildman–Crippen MR) is 183 cm³/mol. The van der Waals surface area contributed by atoms with Gasteiger partial charge in [0.2, 0.25) is 0 Å². The molecule has 2 heterocycles. The van der Waals surface area contributed by atoms with Crippen molar-refractivity contribution in [2.45, 2.75) is 136 Å². The van der Waals surface area contributed by atoms with Crippen molar-refractivity contribution in [2.75, 3.05) is 0 Å². The molecule has 0 spiro atoms. The Morgan fingerprint density at radius 1 is 0.659 bits per heavy atom. The van der Waals surface area contributed by atoms with Gasteiger partial charge in [0.25, 0.3) is 0 Å².